The molecule has 0 unspecified atom stereocenters. The van der Waals surface area contributed by atoms with Gasteiger partial charge in [0, 0.05) is 0 Å². The summed E-state index contributed by atoms with van der Waals surface area (Å²) >= 11 is 3.41. The van der Waals surface area contributed by atoms with Crippen LogP contribution < -0.4 is 5.73 Å². The van der Waals surface area contributed by atoms with Crippen molar-refractivity contribution < 1.29 is 0 Å². The van der Waals surface area contributed by atoms with Crippen LogP contribution in [-0.2, 0) is 0 Å². The Hall–Kier alpha value is -1.03. The predicted octanol–water partition coefficient (Wildman–Crippen LogP) is 1.99. The number of halogens is 1. The van der Waals surface area contributed by atoms with E-state index in [1.165, 1.54) is 0 Å². The van der Waals surface area contributed by atoms with Crippen LogP contribution in [0.25, 0.3) is 5.52 Å². The molecule has 0 bridgehead atoms. The number of nitrogens with two attached hydrogens (primary N) is 1. The largest absolute Gasteiger partial charge is 0.397 e. The fraction of sp³-hybridized carbons (Fsp3) is 0.125. The third kappa shape index (κ3) is 0.914. The Morgan fingerprint density at radius 1 is 1.50 bits per heavy atom. The van der Waals surface area contributed by atoms with Crippen LogP contribution in [0.4, 0.5) is 5.69 Å². The molecular weight excluding hydrogens is 218 g/mol. The van der Waals surface area contributed by atoms with Gasteiger partial charge in [-0.1, -0.05) is 0 Å². The summed E-state index contributed by atoms with van der Waals surface area (Å²) in [6, 6.07) is 3.78. The molecule has 2 N–H and O–H groups in total. The molecule has 0 radical (unpaired) electrons. The van der Waals surface area contributed by atoms with Gasteiger partial charge in [-0.05, 0) is 35.0 Å². The number of imidazole rings is 1. The van der Waals surface area contributed by atoms with Crippen molar-refractivity contribution in [1.82, 2.24) is 9.38 Å². The zero-order valence-corrected chi connectivity index (χ0v) is 8.17. The highest BCUT2D eigenvalue weighted by Gasteiger charge is 2.04. The molecule has 0 saturated heterocycles. The average Bonchev–Trinajstić information content (AvgIpc) is 2.42. The summed E-state index contributed by atoms with van der Waals surface area (Å²) in [4.78, 5) is 4.17. The second-order valence-electron chi connectivity index (χ2n) is 2.66. The van der Waals surface area contributed by atoms with E-state index in [0.717, 1.165) is 21.5 Å². The van der Waals surface area contributed by atoms with Crippen molar-refractivity contribution in [2.24, 2.45) is 0 Å². The standard InChI is InChI=1S/C8H8BrN3/c1-5-8-6(10)2-3-7(9)12(8)4-11-5/h2-4H,10H2,1H3. The van der Waals surface area contributed by atoms with Crippen LogP contribution in [0.1, 0.15) is 5.69 Å². The SMILES string of the molecule is Cc1ncn2c(Br)ccc(N)c12. The van der Waals surface area contributed by atoms with Gasteiger partial charge in [-0.2, -0.15) is 0 Å². The number of nitrogen functional groups attached to an aromatic ring is 1. The van der Waals surface area contributed by atoms with Crippen LogP contribution in [0.3, 0.4) is 0 Å². The van der Waals surface area contributed by atoms with E-state index in [0.29, 0.717) is 0 Å². The number of pyridine rings is 1. The topological polar surface area (TPSA) is 43.3 Å². The van der Waals surface area contributed by atoms with E-state index in [1.807, 2.05) is 23.5 Å². The molecule has 0 amide bonds. The molecule has 62 valence electrons. The fourth-order valence-electron chi connectivity index (χ4n) is 1.27. The molecule has 12 heavy (non-hydrogen) atoms. The molecular formula is C8H8BrN3. The molecule has 2 rings (SSSR count). The molecule has 3 nitrogen and oxygen atoms in total. The number of aromatic nitrogens is 2. The van der Waals surface area contributed by atoms with Gasteiger partial charge in [-0.25, -0.2) is 4.98 Å². The van der Waals surface area contributed by atoms with Gasteiger partial charge < -0.3 is 5.73 Å². The van der Waals surface area contributed by atoms with Gasteiger partial charge in [0.1, 0.15) is 6.33 Å². The first-order valence-corrected chi connectivity index (χ1v) is 4.37. The first-order valence-electron chi connectivity index (χ1n) is 3.58. The van der Waals surface area contributed by atoms with Gasteiger partial charge >= 0.3 is 0 Å². The van der Waals surface area contributed by atoms with Crippen molar-refractivity contribution in [1.29, 1.82) is 0 Å². The second kappa shape index (κ2) is 2.48. The van der Waals surface area contributed by atoms with E-state index in [-0.39, 0.29) is 0 Å². The average molecular weight is 226 g/mol. The first kappa shape index (κ1) is 7.61. The lowest BCUT2D eigenvalue weighted by Gasteiger charge is -2.00. The molecule has 0 fully saturated rings. The zero-order chi connectivity index (χ0) is 8.72. The Morgan fingerprint density at radius 3 is 2.92 bits per heavy atom. The van der Waals surface area contributed by atoms with Gasteiger partial charge in [0.05, 0.1) is 21.5 Å². The molecule has 0 spiro atoms. The van der Waals surface area contributed by atoms with Crippen molar-refractivity contribution in [2.75, 3.05) is 5.73 Å². The molecule has 4 heteroatoms. The van der Waals surface area contributed by atoms with Crippen molar-refractivity contribution >= 4 is 27.1 Å². The maximum Gasteiger partial charge on any atom is 0.100 e. The van der Waals surface area contributed by atoms with E-state index in [2.05, 4.69) is 20.9 Å². The smallest absolute Gasteiger partial charge is 0.100 e. The predicted molar refractivity (Wildman–Crippen MR) is 52.0 cm³/mol. The molecule has 2 aromatic heterocycles. The Kier molecular flexibility index (Phi) is 1.58. The third-order valence-corrected chi connectivity index (χ3v) is 2.50. The molecule has 0 saturated carbocycles. The summed E-state index contributed by atoms with van der Waals surface area (Å²) in [5, 5.41) is 0. The monoisotopic (exact) mass is 225 g/mol. The lowest BCUT2D eigenvalue weighted by molar-refractivity contribution is 1.12. The van der Waals surface area contributed by atoms with Crippen LogP contribution in [0, 0.1) is 6.92 Å². The zero-order valence-electron chi connectivity index (χ0n) is 6.58. The lowest BCUT2D eigenvalue weighted by atomic mass is 10.3. The Morgan fingerprint density at radius 2 is 2.25 bits per heavy atom. The Bertz CT molecular complexity index is 433. The Balaban J connectivity index is 2.98. The first-order chi connectivity index (χ1) is 5.70. The fourth-order valence-corrected chi connectivity index (χ4v) is 1.67. The minimum Gasteiger partial charge on any atom is -0.397 e. The number of aryl methyl sites for hydroxylation is 1. The highest BCUT2D eigenvalue weighted by molar-refractivity contribution is 9.10. The number of hydrogen-bond donors (Lipinski definition) is 1. The van der Waals surface area contributed by atoms with Gasteiger partial charge in [0.15, 0.2) is 0 Å². The van der Waals surface area contributed by atoms with Gasteiger partial charge in [0.25, 0.3) is 0 Å². The summed E-state index contributed by atoms with van der Waals surface area (Å²) in [5.41, 5.74) is 8.48. The minimum absolute atomic E-state index is 0.758. The number of fused-ring (bicyclic) bond motifs is 1. The number of rotatable bonds is 0. The van der Waals surface area contributed by atoms with E-state index in [4.69, 9.17) is 5.73 Å². The van der Waals surface area contributed by atoms with Gasteiger partial charge in [0.2, 0.25) is 0 Å². The second-order valence-corrected chi connectivity index (χ2v) is 3.47. The van der Waals surface area contributed by atoms with Crippen molar-refractivity contribution in [2.45, 2.75) is 6.92 Å². The summed E-state index contributed by atoms with van der Waals surface area (Å²) in [6.07, 6.45) is 1.76. The van der Waals surface area contributed by atoms with E-state index in [9.17, 15) is 0 Å². The summed E-state index contributed by atoms with van der Waals surface area (Å²) in [6.45, 7) is 1.94. The lowest BCUT2D eigenvalue weighted by Crippen LogP contribution is -1.92. The van der Waals surface area contributed by atoms with Crippen LogP contribution in [0.5, 0.6) is 0 Å². The van der Waals surface area contributed by atoms with Crippen LogP contribution in [0.2, 0.25) is 0 Å². The van der Waals surface area contributed by atoms with Crippen molar-refractivity contribution in [3.8, 4) is 0 Å². The normalized spacial score (nSPS) is 10.8. The van der Waals surface area contributed by atoms with Crippen molar-refractivity contribution in [3.63, 3.8) is 0 Å². The van der Waals surface area contributed by atoms with E-state index in [1.54, 1.807) is 6.33 Å². The van der Waals surface area contributed by atoms with Crippen LogP contribution in [0.15, 0.2) is 23.1 Å². The van der Waals surface area contributed by atoms with Crippen LogP contribution in [-0.4, -0.2) is 9.38 Å². The Labute approximate surface area is 78.3 Å². The summed E-state index contributed by atoms with van der Waals surface area (Å²) < 4.78 is 2.89. The highest BCUT2D eigenvalue weighted by atomic mass is 79.9. The molecule has 2 heterocycles. The van der Waals surface area contributed by atoms with Crippen molar-refractivity contribution in [3.05, 3.63) is 28.8 Å². The van der Waals surface area contributed by atoms with E-state index < -0.39 is 0 Å². The minimum atomic E-state index is 0.758. The number of nitrogens with zero attached hydrogens (tertiary/aromatic N) is 2. The van der Waals surface area contributed by atoms with Crippen LogP contribution >= 0.6 is 15.9 Å². The highest BCUT2D eigenvalue weighted by Crippen LogP contribution is 2.21. The molecule has 2 aromatic rings. The molecule has 0 aromatic carbocycles. The molecule has 0 aliphatic heterocycles. The number of anilines is 1. The third-order valence-electron chi connectivity index (χ3n) is 1.85. The number of hydrogen-bond acceptors (Lipinski definition) is 2. The van der Waals surface area contributed by atoms with E-state index >= 15 is 0 Å². The summed E-state index contributed by atoms with van der Waals surface area (Å²) in [7, 11) is 0. The maximum absolute atomic E-state index is 5.79. The molecule has 0 aliphatic rings. The van der Waals surface area contributed by atoms with Gasteiger partial charge in [-0.15, -0.1) is 0 Å². The molecule has 0 aliphatic carbocycles. The molecule has 0 atom stereocenters. The maximum atomic E-state index is 5.79. The quantitative estimate of drug-likeness (QED) is 0.698. The summed E-state index contributed by atoms with van der Waals surface area (Å²) in [5.74, 6) is 0. The van der Waals surface area contributed by atoms with Gasteiger partial charge in [-0.3, -0.25) is 4.40 Å².